The standard InChI is InChI=1S/C18H11ClFN5O/c19-13-7-12(5-6-14(13)20)24-17-10-22-16(9-23-17)18(26)25-15-4-2-1-3-11(15)8-21/h1-7,9-10H,(H,23,24)(H,25,26). The van der Waals surface area contributed by atoms with Crippen LogP contribution in [0, 0.1) is 17.1 Å². The van der Waals surface area contributed by atoms with Crippen LogP contribution in [-0.4, -0.2) is 15.9 Å². The van der Waals surface area contributed by atoms with Gasteiger partial charge in [0.25, 0.3) is 5.91 Å². The van der Waals surface area contributed by atoms with E-state index in [1.165, 1.54) is 30.6 Å². The summed E-state index contributed by atoms with van der Waals surface area (Å²) in [6, 6.07) is 12.8. The van der Waals surface area contributed by atoms with Crippen molar-refractivity contribution in [3.63, 3.8) is 0 Å². The van der Waals surface area contributed by atoms with Gasteiger partial charge in [0.2, 0.25) is 0 Å². The van der Waals surface area contributed by atoms with Crippen molar-refractivity contribution < 1.29 is 9.18 Å². The Labute approximate surface area is 153 Å². The van der Waals surface area contributed by atoms with Gasteiger partial charge in [-0.05, 0) is 30.3 Å². The molecule has 0 atom stereocenters. The lowest BCUT2D eigenvalue weighted by Gasteiger charge is -2.08. The minimum atomic E-state index is -0.520. The summed E-state index contributed by atoms with van der Waals surface area (Å²) >= 11 is 5.72. The number of amides is 1. The third-order valence-electron chi connectivity index (χ3n) is 3.37. The molecule has 8 heteroatoms. The summed E-state index contributed by atoms with van der Waals surface area (Å²) in [5.41, 5.74) is 1.36. The van der Waals surface area contributed by atoms with Crippen LogP contribution in [0.25, 0.3) is 0 Å². The van der Waals surface area contributed by atoms with Crippen LogP contribution in [-0.2, 0) is 0 Å². The minimum Gasteiger partial charge on any atom is -0.339 e. The molecule has 0 fully saturated rings. The van der Waals surface area contributed by atoms with Gasteiger partial charge in [-0.25, -0.2) is 14.4 Å². The number of aromatic nitrogens is 2. The largest absolute Gasteiger partial charge is 0.339 e. The molecule has 26 heavy (non-hydrogen) atoms. The van der Waals surface area contributed by atoms with Crippen LogP contribution in [0.15, 0.2) is 54.9 Å². The predicted octanol–water partition coefficient (Wildman–Crippen LogP) is 4.14. The second kappa shape index (κ2) is 7.59. The summed E-state index contributed by atoms with van der Waals surface area (Å²) in [4.78, 5) is 20.4. The Kier molecular flexibility index (Phi) is 5.06. The predicted molar refractivity (Wildman–Crippen MR) is 95.8 cm³/mol. The molecule has 0 unspecified atom stereocenters. The molecular formula is C18H11ClFN5O. The van der Waals surface area contributed by atoms with E-state index < -0.39 is 11.7 Å². The molecular weight excluding hydrogens is 357 g/mol. The smallest absolute Gasteiger partial charge is 0.275 e. The fourth-order valence-electron chi connectivity index (χ4n) is 2.11. The van der Waals surface area contributed by atoms with Gasteiger partial charge < -0.3 is 10.6 Å². The first-order valence-electron chi connectivity index (χ1n) is 7.41. The molecule has 3 aromatic rings. The van der Waals surface area contributed by atoms with Gasteiger partial charge in [0.15, 0.2) is 0 Å². The van der Waals surface area contributed by atoms with E-state index in [-0.39, 0.29) is 10.7 Å². The first-order chi connectivity index (χ1) is 12.6. The van der Waals surface area contributed by atoms with Gasteiger partial charge >= 0.3 is 0 Å². The monoisotopic (exact) mass is 367 g/mol. The Hall–Kier alpha value is -3.50. The van der Waals surface area contributed by atoms with Crippen molar-refractivity contribution in [2.45, 2.75) is 0 Å². The number of para-hydroxylation sites is 1. The summed E-state index contributed by atoms with van der Waals surface area (Å²) in [6.07, 6.45) is 2.65. The molecule has 0 saturated carbocycles. The number of nitrogens with zero attached hydrogens (tertiary/aromatic N) is 3. The zero-order valence-electron chi connectivity index (χ0n) is 13.2. The topological polar surface area (TPSA) is 90.7 Å². The number of nitriles is 1. The number of hydrogen-bond donors (Lipinski definition) is 2. The quantitative estimate of drug-likeness (QED) is 0.723. The van der Waals surface area contributed by atoms with Gasteiger partial charge in [0.05, 0.1) is 28.7 Å². The van der Waals surface area contributed by atoms with Crippen LogP contribution in [0.1, 0.15) is 16.1 Å². The van der Waals surface area contributed by atoms with E-state index in [4.69, 9.17) is 16.9 Å². The van der Waals surface area contributed by atoms with E-state index in [0.717, 1.165) is 0 Å². The molecule has 0 bridgehead atoms. The summed E-state index contributed by atoms with van der Waals surface area (Å²) in [5, 5.41) is 14.5. The number of hydrogen-bond acceptors (Lipinski definition) is 5. The Balaban J connectivity index is 1.71. The number of benzene rings is 2. The maximum absolute atomic E-state index is 13.2. The van der Waals surface area contributed by atoms with Crippen LogP contribution < -0.4 is 10.6 Å². The van der Waals surface area contributed by atoms with Crippen molar-refractivity contribution >= 4 is 34.7 Å². The molecule has 0 saturated heterocycles. The average molecular weight is 368 g/mol. The molecule has 3 rings (SSSR count). The molecule has 2 aromatic carbocycles. The van der Waals surface area contributed by atoms with Crippen LogP contribution in [0.3, 0.4) is 0 Å². The highest BCUT2D eigenvalue weighted by molar-refractivity contribution is 6.31. The summed E-state index contributed by atoms with van der Waals surface area (Å²) in [7, 11) is 0. The number of rotatable bonds is 4. The first kappa shape index (κ1) is 17.3. The Morgan fingerprint density at radius 1 is 1.15 bits per heavy atom. The average Bonchev–Trinajstić information content (AvgIpc) is 2.66. The minimum absolute atomic E-state index is 0.0184. The highest BCUT2D eigenvalue weighted by Crippen LogP contribution is 2.21. The third-order valence-corrected chi connectivity index (χ3v) is 3.66. The van der Waals surface area contributed by atoms with E-state index in [0.29, 0.717) is 22.8 Å². The zero-order chi connectivity index (χ0) is 18.5. The molecule has 1 amide bonds. The van der Waals surface area contributed by atoms with E-state index in [9.17, 15) is 9.18 Å². The van der Waals surface area contributed by atoms with Gasteiger partial charge in [-0.15, -0.1) is 0 Å². The van der Waals surface area contributed by atoms with Crippen molar-refractivity contribution in [3.8, 4) is 6.07 Å². The zero-order valence-corrected chi connectivity index (χ0v) is 14.0. The van der Waals surface area contributed by atoms with Gasteiger partial charge in [0, 0.05) is 5.69 Å². The van der Waals surface area contributed by atoms with Crippen molar-refractivity contribution in [3.05, 3.63) is 77.0 Å². The van der Waals surface area contributed by atoms with Gasteiger partial charge in [-0.3, -0.25) is 4.79 Å². The normalized spacial score (nSPS) is 10.0. The summed E-state index contributed by atoms with van der Waals surface area (Å²) < 4.78 is 13.2. The molecule has 0 spiro atoms. The second-order valence-corrected chi connectivity index (χ2v) is 5.56. The molecule has 2 N–H and O–H groups in total. The summed E-state index contributed by atoms with van der Waals surface area (Å²) in [6.45, 7) is 0. The molecule has 1 heterocycles. The molecule has 1 aromatic heterocycles. The number of anilines is 3. The van der Waals surface area contributed by atoms with Gasteiger partial charge in [-0.2, -0.15) is 5.26 Å². The second-order valence-electron chi connectivity index (χ2n) is 5.15. The Bertz CT molecular complexity index is 1000. The summed E-state index contributed by atoms with van der Waals surface area (Å²) in [5.74, 6) is -0.647. The maximum Gasteiger partial charge on any atom is 0.275 e. The molecule has 0 radical (unpaired) electrons. The Morgan fingerprint density at radius 2 is 1.96 bits per heavy atom. The fraction of sp³-hybridized carbons (Fsp3) is 0. The highest BCUT2D eigenvalue weighted by Gasteiger charge is 2.11. The number of carbonyl (C=O) groups excluding carboxylic acids is 1. The van der Waals surface area contributed by atoms with E-state index in [2.05, 4.69) is 20.6 Å². The molecule has 0 aliphatic carbocycles. The molecule has 6 nitrogen and oxygen atoms in total. The molecule has 0 aliphatic heterocycles. The van der Waals surface area contributed by atoms with Crippen molar-refractivity contribution in [2.75, 3.05) is 10.6 Å². The lowest BCUT2D eigenvalue weighted by atomic mass is 10.2. The van der Waals surface area contributed by atoms with E-state index in [1.807, 2.05) is 6.07 Å². The van der Waals surface area contributed by atoms with Crippen molar-refractivity contribution in [2.24, 2.45) is 0 Å². The van der Waals surface area contributed by atoms with Crippen molar-refractivity contribution in [1.82, 2.24) is 9.97 Å². The van der Waals surface area contributed by atoms with Crippen molar-refractivity contribution in [1.29, 1.82) is 5.26 Å². The maximum atomic E-state index is 13.2. The SMILES string of the molecule is N#Cc1ccccc1NC(=O)c1cnc(Nc2ccc(F)c(Cl)c2)cn1. The fourth-order valence-corrected chi connectivity index (χ4v) is 2.29. The number of halogens is 2. The van der Waals surface area contributed by atoms with Crippen LogP contribution in [0.2, 0.25) is 5.02 Å². The highest BCUT2D eigenvalue weighted by atomic mass is 35.5. The Morgan fingerprint density at radius 3 is 2.65 bits per heavy atom. The van der Waals surface area contributed by atoms with E-state index >= 15 is 0 Å². The lowest BCUT2D eigenvalue weighted by Crippen LogP contribution is -2.15. The molecule has 128 valence electrons. The van der Waals surface area contributed by atoms with Crippen LogP contribution >= 0.6 is 11.6 Å². The molecule has 0 aliphatic rings. The van der Waals surface area contributed by atoms with Gasteiger partial charge in [-0.1, -0.05) is 23.7 Å². The number of nitrogens with one attached hydrogen (secondary N) is 2. The van der Waals surface area contributed by atoms with E-state index in [1.54, 1.807) is 24.3 Å². The van der Waals surface area contributed by atoms with Crippen LogP contribution in [0.5, 0.6) is 0 Å². The lowest BCUT2D eigenvalue weighted by molar-refractivity contribution is 0.102. The van der Waals surface area contributed by atoms with Crippen LogP contribution in [0.4, 0.5) is 21.6 Å². The first-order valence-corrected chi connectivity index (χ1v) is 7.79. The van der Waals surface area contributed by atoms with Gasteiger partial charge in [0.1, 0.15) is 23.4 Å². The number of carbonyl (C=O) groups is 1. The third kappa shape index (κ3) is 3.94.